The Balaban J connectivity index is 2.04. The fourth-order valence-electron chi connectivity index (χ4n) is 2.92. The van der Waals surface area contributed by atoms with Gasteiger partial charge in [0.1, 0.15) is 11.5 Å². The van der Waals surface area contributed by atoms with Crippen molar-refractivity contribution in [1.29, 1.82) is 0 Å². The molecule has 1 aliphatic carbocycles. The van der Waals surface area contributed by atoms with Crippen molar-refractivity contribution in [3.63, 3.8) is 0 Å². The van der Waals surface area contributed by atoms with E-state index in [4.69, 9.17) is 9.52 Å². The second-order valence-corrected chi connectivity index (χ2v) is 6.12. The van der Waals surface area contributed by atoms with Gasteiger partial charge < -0.3 is 14.4 Å². The summed E-state index contributed by atoms with van der Waals surface area (Å²) in [7, 11) is 0. The number of carbonyl (C=O) groups excluding carboxylic acids is 1. The molecule has 0 bridgehead atoms. The minimum absolute atomic E-state index is 0.0443. The highest BCUT2D eigenvalue weighted by Gasteiger charge is 2.36. The fourth-order valence-corrected chi connectivity index (χ4v) is 2.92. The molecule has 0 radical (unpaired) electrons. The summed E-state index contributed by atoms with van der Waals surface area (Å²) in [6.07, 6.45) is 1.71. The van der Waals surface area contributed by atoms with Crippen molar-refractivity contribution in [2.45, 2.75) is 52.6 Å². The normalized spacial score (nSPS) is 21.7. The van der Waals surface area contributed by atoms with Gasteiger partial charge in [0.05, 0.1) is 12.5 Å². The Kier molecular flexibility index (Phi) is 4.70. The van der Waals surface area contributed by atoms with Gasteiger partial charge >= 0.3 is 5.97 Å². The summed E-state index contributed by atoms with van der Waals surface area (Å²) in [5.41, 5.74) is 0. The molecule has 1 saturated carbocycles. The summed E-state index contributed by atoms with van der Waals surface area (Å²) >= 11 is 0. The molecule has 0 aromatic carbocycles. The fraction of sp³-hybridized carbons (Fsp3) is 0.625. The standard InChI is InChI=1S/C16H23NO4/c1-10(2)17(9-14-7-4-11(3)21-14)15(18)12-5-6-13(8-12)16(19)20/h4,7,10,12-13H,5-6,8-9H2,1-3H3,(H,19,20). The van der Waals surface area contributed by atoms with Gasteiger partial charge in [0.15, 0.2) is 0 Å². The summed E-state index contributed by atoms with van der Waals surface area (Å²) in [5.74, 6) is 0.296. The van der Waals surface area contributed by atoms with Crippen molar-refractivity contribution in [2.24, 2.45) is 11.8 Å². The maximum Gasteiger partial charge on any atom is 0.306 e. The second kappa shape index (κ2) is 6.33. The van der Waals surface area contributed by atoms with Crippen molar-refractivity contribution >= 4 is 11.9 Å². The topological polar surface area (TPSA) is 70.8 Å². The molecule has 1 aliphatic rings. The molecule has 1 amide bonds. The Bertz CT molecular complexity index is 520. The summed E-state index contributed by atoms with van der Waals surface area (Å²) in [5, 5.41) is 9.06. The van der Waals surface area contributed by atoms with Crippen LogP contribution >= 0.6 is 0 Å². The molecule has 1 N–H and O–H groups in total. The van der Waals surface area contributed by atoms with Crippen LogP contribution in [0.25, 0.3) is 0 Å². The van der Waals surface area contributed by atoms with Gasteiger partial charge in [-0.25, -0.2) is 0 Å². The third-order valence-corrected chi connectivity index (χ3v) is 4.16. The number of rotatable bonds is 5. The molecule has 1 fully saturated rings. The maximum atomic E-state index is 12.7. The van der Waals surface area contributed by atoms with Crippen LogP contribution in [-0.2, 0) is 16.1 Å². The molecule has 2 atom stereocenters. The van der Waals surface area contributed by atoms with E-state index in [9.17, 15) is 9.59 Å². The first-order chi connectivity index (χ1) is 9.88. The van der Waals surface area contributed by atoms with E-state index in [1.807, 2.05) is 32.9 Å². The Morgan fingerprint density at radius 3 is 2.48 bits per heavy atom. The van der Waals surface area contributed by atoms with Gasteiger partial charge in [-0.3, -0.25) is 9.59 Å². The summed E-state index contributed by atoms with van der Waals surface area (Å²) < 4.78 is 5.55. The number of carboxylic acids is 1. The van der Waals surface area contributed by atoms with Gasteiger partial charge in [-0.15, -0.1) is 0 Å². The van der Waals surface area contributed by atoms with Crippen LogP contribution in [0.15, 0.2) is 16.5 Å². The van der Waals surface area contributed by atoms with E-state index in [0.717, 1.165) is 11.5 Å². The number of aryl methyl sites for hydroxylation is 1. The number of carboxylic acid groups (broad SMARTS) is 1. The van der Waals surface area contributed by atoms with E-state index in [2.05, 4.69) is 0 Å². The molecular weight excluding hydrogens is 270 g/mol. The van der Waals surface area contributed by atoms with Gasteiger partial charge in [0.25, 0.3) is 0 Å². The molecule has 1 heterocycles. The highest BCUT2D eigenvalue weighted by atomic mass is 16.4. The molecular formula is C16H23NO4. The molecule has 0 spiro atoms. The highest BCUT2D eigenvalue weighted by molar-refractivity contribution is 5.81. The lowest BCUT2D eigenvalue weighted by Crippen LogP contribution is -2.39. The average Bonchev–Trinajstić information content (AvgIpc) is 3.03. The number of hydrogen-bond donors (Lipinski definition) is 1. The Labute approximate surface area is 124 Å². The smallest absolute Gasteiger partial charge is 0.306 e. The van der Waals surface area contributed by atoms with E-state index < -0.39 is 5.97 Å². The first-order valence-electron chi connectivity index (χ1n) is 7.47. The second-order valence-electron chi connectivity index (χ2n) is 6.12. The minimum Gasteiger partial charge on any atom is -0.481 e. The molecule has 116 valence electrons. The molecule has 5 heteroatoms. The SMILES string of the molecule is Cc1ccc(CN(C(=O)C2CCC(C(=O)O)C2)C(C)C)o1. The van der Waals surface area contributed by atoms with Crippen LogP contribution in [0.1, 0.15) is 44.6 Å². The highest BCUT2D eigenvalue weighted by Crippen LogP contribution is 2.33. The molecule has 21 heavy (non-hydrogen) atoms. The number of amides is 1. The van der Waals surface area contributed by atoms with Crippen LogP contribution in [0.5, 0.6) is 0 Å². The van der Waals surface area contributed by atoms with Crippen molar-refractivity contribution in [2.75, 3.05) is 0 Å². The number of aliphatic carboxylic acids is 1. The van der Waals surface area contributed by atoms with Gasteiger partial charge in [0, 0.05) is 12.0 Å². The Hall–Kier alpha value is -1.78. The monoisotopic (exact) mass is 293 g/mol. The first kappa shape index (κ1) is 15.6. The molecule has 0 aliphatic heterocycles. The number of carbonyl (C=O) groups is 2. The lowest BCUT2D eigenvalue weighted by molar-refractivity contribution is -0.142. The molecule has 5 nitrogen and oxygen atoms in total. The van der Waals surface area contributed by atoms with Crippen molar-refractivity contribution < 1.29 is 19.1 Å². The molecule has 1 aromatic heterocycles. The average molecular weight is 293 g/mol. The largest absolute Gasteiger partial charge is 0.481 e. The zero-order valence-corrected chi connectivity index (χ0v) is 12.8. The third kappa shape index (κ3) is 3.65. The van der Waals surface area contributed by atoms with E-state index in [0.29, 0.717) is 25.8 Å². The minimum atomic E-state index is -0.789. The van der Waals surface area contributed by atoms with E-state index in [1.165, 1.54) is 0 Å². The van der Waals surface area contributed by atoms with Gasteiger partial charge in [-0.05, 0) is 52.2 Å². The third-order valence-electron chi connectivity index (χ3n) is 4.16. The lowest BCUT2D eigenvalue weighted by Gasteiger charge is -2.28. The Morgan fingerprint density at radius 1 is 1.33 bits per heavy atom. The molecule has 2 unspecified atom stereocenters. The zero-order valence-electron chi connectivity index (χ0n) is 12.8. The van der Waals surface area contributed by atoms with Gasteiger partial charge in [-0.1, -0.05) is 0 Å². The predicted molar refractivity (Wildman–Crippen MR) is 77.6 cm³/mol. The summed E-state index contributed by atoms with van der Waals surface area (Å²) in [6.45, 7) is 6.26. The number of furan rings is 1. The quantitative estimate of drug-likeness (QED) is 0.906. The summed E-state index contributed by atoms with van der Waals surface area (Å²) in [6, 6.07) is 3.83. The number of hydrogen-bond acceptors (Lipinski definition) is 3. The molecule has 2 rings (SSSR count). The van der Waals surface area contributed by atoms with Crippen LogP contribution in [0.3, 0.4) is 0 Å². The van der Waals surface area contributed by atoms with Crippen LogP contribution in [0.2, 0.25) is 0 Å². The first-order valence-corrected chi connectivity index (χ1v) is 7.47. The van der Waals surface area contributed by atoms with Crippen LogP contribution in [-0.4, -0.2) is 27.9 Å². The van der Waals surface area contributed by atoms with E-state index in [-0.39, 0.29) is 23.8 Å². The lowest BCUT2D eigenvalue weighted by atomic mass is 10.0. The van der Waals surface area contributed by atoms with Crippen LogP contribution < -0.4 is 0 Å². The Morgan fingerprint density at radius 2 is 2.00 bits per heavy atom. The number of nitrogens with zero attached hydrogens (tertiary/aromatic N) is 1. The van der Waals surface area contributed by atoms with Crippen LogP contribution in [0, 0.1) is 18.8 Å². The van der Waals surface area contributed by atoms with Crippen LogP contribution in [0.4, 0.5) is 0 Å². The van der Waals surface area contributed by atoms with E-state index >= 15 is 0 Å². The van der Waals surface area contributed by atoms with Crippen molar-refractivity contribution in [3.8, 4) is 0 Å². The zero-order chi connectivity index (χ0) is 15.6. The predicted octanol–water partition coefficient (Wildman–Crippen LogP) is 2.83. The molecule has 0 saturated heterocycles. The van der Waals surface area contributed by atoms with Crippen molar-refractivity contribution in [1.82, 2.24) is 4.90 Å². The van der Waals surface area contributed by atoms with Crippen molar-refractivity contribution in [3.05, 3.63) is 23.7 Å². The van der Waals surface area contributed by atoms with Gasteiger partial charge in [-0.2, -0.15) is 0 Å². The van der Waals surface area contributed by atoms with E-state index in [1.54, 1.807) is 4.90 Å². The maximum absolute atomic E-state index is 12.7. The summed E-state index contributed by atoms with van der Waals surface area (Å²) in [4.78, 5) is 25.5. The molecule has 1 aromatic rings. The van der Waals surface area contributed by atoms with Gasteiger partial charge in [0.2, 0.25) is 5.91 Å².